The van der Waals surface area contributed by atoms with Crippen molar-refractivity contribution in [2.45, 2.75) is 38.6 Å². The average Bonchev–Trinajstić information content (AvgIpc) is 2.91. The normalized spacial score (nSPS) is 15.1. The van der Waals surface area contributed by atoms with Crippen LogP contribution in [0.4, 0.5) is 5.69 Å². The monoisotopic (exact) mass is 454 g/mol. The summed E-state index contributed by atoms with van der Waals surface area (Å²) in [6.45, 7) is 6.10. The third kappa shape index (κ3) is 4.38. The molecule has 31 heavy (non-hydrogen) atoms. The predicted molar refractivity (Wildman–Crippen MR) is 123 cm³/mol. The van der Waals surface area contributed by atoms with Gasteiger partial charge in [0.2, 0.25) is 23.2 Å². The summed E-state index contributed by atoms with van der Waals surface area (Å²) in [5, 5.41) is 9.79. The van der Waals surface area contributed by atoms with E-state index in [9.17, 15) is 4.79 Å². The second kappa shape index (κ2) is 9.24. The van der Waals surface area contributed by atoms with Crippen LogP contribution in [0.2, 0.25) is 5.02 Å². The molecule has 0 saturated carbocycles. The zero-order valence-corrected chi connectivity index (χ0v) is 19.2. The van der Waals surface area contributed by atoms with Crippen LogP contribution in [-0.4, -0.2) is 26.8 Å². The number of rotatable bonds is 5. The number of thioether (sulfide) groups is 1. The van der Waals surface area contributed by atoms with Gasteiger partial charge in [-0.05, 0) is 18.1 Å². The van der Waals surface area contributed by atoms with Crippen LogP contribution in [0, 0.1) is 5.92 Å². The molecule has 0 spiro atoms. The molecule has 1 unspecified atom stereocenters. The number of para-hydroxylation sites is 1. The summed E-state index contributed by atoms with van der Waals surface area (Å²) in [6, 6.07) is 14.9. The summed E-state index contributed by atoms with van der Waals surface area (Å²) < 4.78 is 6.38. The molecule has 1 aromatic heterocycles. The van der Waals surface area contributed by atoms with Crippen LogP contribution in [-0.2, 0) is 4.79 Å². The highest BCUT2D eigenvalue weighted by Crippen LogP contribution is 2.44. The third-order valence-corrected chi connectivity index (χ3v) is 6.41. The van der Waals surface area contributed by atoms with Gasteiger partial charge in [0.05, 0.1) is 5.69 Å². The minimum atomic E-state index is -0.775. The lowest BCUT2D eigenvalue weighted by molar-refractivity contribution is -0.120. The molecule has 1 amide bonds. The number of fused-ring (bicyclic) bond motifs is 3. The van der Waals surface area contributed by atoms with E-state index >= 15 is 0 Å². The Balaban J connectivity index is 1.90. The van der Waals surface area contributed by atoms with Crippen LogP contribution in [0.5, 0.6) is 5.88 Å². The quantitative estimate of drug-likeness (QED) is 0.455. The molecule has 2 aromatic carbocycles. The van der Waals surface area contributed by atoms with Crippen molar-refractivity contribution in [2.75, 3.05) is 10.7 Å². The van der Waals surface area contributed by atoms with Crippen LogP contribution in [0.1, 0.15) is 39.0 Å². The van der Waals surface area contributed by atoms with Crippen molar-refractivity contribution in [1.82, 2.24) is 15.2 Å². The first-order valence-corrected chi connectivity index (χ1v) is 11.6. The molecule has 3 aromatic rings. The van der Waals surface area contributed by atoms with E-state index in [4.69, 9.17) is 16.3 Å². The van der Waals surface area contributed by atoms with Gasteiger partial charge in [-0.1, -0.05) is 80.5 Å². The van der Waals surface area contributed by atoms with Gasteiger partial charge in [-0.25, -0.2) is 0 Å². The number of hydrogen-bond donors (Lipinski definition) is 0. The van der Waals surface area contributed by atoms with Gasteiger partial charge in [-0.15, -0.1) is 10.2 Å². The zero-order chi connectivity index (χ0) is 22.0. The maximum atomic E-state index is 13.1. The van der Waals surface area contributed by atoms with Crippen LogP contribution in [0.25, 0.3) is 11.3 Å². The first-order valence-electron chi connectivity index (χ1n) is 10.2. The van der Waals surface area contributed by atoms with E-state index in [0.29, 0.717) is 45.3 Å². The van der Waals surface area contributed by atoms with Crippen LogP contribution in [0.3, 0.4) is 0 Å². The standard InChI is InChI=1S/C23H23ClN4O2S/c1-4-19(29)28-18-12-8-6-10-16(18)20-21(25-23(27-26-20)31-13-14(2)3)30-22(28)15-9-5-7-11-17(15)24/h5-12,14,22H,4,13H2,1-3H3. The lowest BCUT2D eigenvalue weighted by Gasteiger charge is -2.31. The van der Waals surface area contributed by atoms with Gasteiger partial charge in [0.25, 0.3) is 0 Å². The Labute approximate surface area is 191 Å². The van der Waals surface area contributed by atoms with Gasteiger partial charge in [-0.2, -0.15) is 4.98 Å². The molecular weight excluding hydrogens is 432 g/mol. The van der Waals surface area contributed by atoms with Gasteiger partial charge >= 0.3 is 0 Å². The fraction of sp³-hybridized carbons (Fsp3) is 0.304. The largest absolute Gasteiger partial charge is 0.447 e. The second-order valence-corrected chi connectivity index (χ2v) is 8.97. The van der Waals surface area contributed by atoms with Gasteiger partial charge in [-0.3, -0.25) is 9.69 Å². The van der Waals surface area contributed by atoms with Crippen molar-refractivity contribution in [1.29, 1.82) is 0 Å². The highest BCUT2D eigenvalue weighted by Gasteiger charge is 2.36. The van der Waals surface area contributed by atoms with Crippen molar-refractivity contribution < 1.29 is 9.53 Å². The summed E-state index contributed by atoms with van der Waals surface area (Å²) in [5.74, 6) is 1.60. The van der Waals surface area contributed by atoms with Crippen LogP contribution in [0.15, 0.2) is 53.7 Å². The molecule has 6 nitrogen and oxygen atoms in total. The zero-order valence-electron chi connectivity index (χ0n) is 17.6. The highest BCUT2D eigenvalue weighted by atomic mass is 35.5. The minimum absolute atomic E-state index is 0.0902. The van der Waals surface area contributed by atoms with Crippen molar-refractivity contribution >= 4 is 35.0 Å². The van der Waals surface area contributed by atoms with Gasteiger partial charge in [0.1, 0.15) is 0 Å². The molecule has 0 bridgehead atoms. The van der Waals surface area contributed by atoms with Crippen LogP contribution < -0.4 is 9.64 Å². The molecule has 0 N–H and O–H groups in total. The Bertz CT molecular complexity index is 1110. The Kier molecular flexibility index (Phi) is 6.43. The van der Waals surface area contributed by atoms with E-state index in [1.165, 1.54) is 11.8 Å². The molecule has 160 valence electrons. The molecule has 8 heteroatoms. The first-order chi connectivity index (χ1) is 15.0. The lowest BCUT2D eigenvalue weighted by atomic mass is 10.1. The number of aromatic nitrogens is 3. The maximum Gasteiger partial charge on any atom is 0.247 e. The summed E-state index contributed by atoms with van der Waals surface area (Å²) in [7, 11) is 0. The number of benzene rings is 2. The molecule has 1 atom stereocenters. The first kappa shape index (κ1) is 21.6. The van der Waals surface area contributed by atoms with E-state index in [1.54, 1.807) is 11.0 Å². The SMILES string of the molecule is CCC(=O)N1c2ccccc2-c2nnc(SCC(C)C)nc2OC1c1ccccc1Cl. The van der Waals surface area contributed by atoms with Crippen LogP contribution >= 0.6 is 23.4 Å². The van der Waals surface area contributed by atoms with E-state index in [2.05, 4.69) is 29.0 Å². The number of carbonyl (C=O) groups is 1. The fourth-order valence-electron chi connectivity index (χ4n) is 3.33. The molecule has 0 fully saturated rings. The number of halogens is 1. The number of nitrogens with zero attached hydrogens (tertiary/aromatic N) is 4. The van der Waals surface area contributed by atoms with E-state index in [0.717, 1.165) is 11.3 Å². The Morgan fingerprint density at radius 3 is 2.65 bits per heavy atom. The average molecular weight is 455 g/mol. The fourth-order valence-corrected chi connectivity index (χ4v) is 4.29. The number of amides is 1. The van der Waals surface area contributed by atoms with Crippen molar-refractivity contribution in [3.05, 3.63) is 59.1 Å². The second-order valence-electron chi connectivity index (χ2n) is 7.58. The summed E-state index contributed by atoms with van der Waals surface area (Å²) >= 11 is 8.05. The minimum Gasteiger partial charge on any atom is -0.447 e. The Morgan fingerprint density at radius 1 is 1.16 bits per heavy atom. The van der Waals surface area contributed by atoms with Crippen molar-refractivity contribution in [2.24, 2.45) is 5.92 Å². The molecule has 1 aliphatic rings. The lowest BCUT2D eigenvalue weighted by Crippen LogP contribution is -2.37. The molecule has 4 rings (SSSR count). The molecule has 1 aliphatic heterocycles. The van der Waals surface area contributed by atoms with Gasteiger partial charge in [0.15, 0.2) is 5.69 Å². The van der Waals surface area contributed by atoms with E-state index < -0.39 is 6.23 Å². The smallest absolute Gasteiger partial charge is 0.247 e. The number of hydrogen-bond acceptors (Lipinski definition) is 6. The Hall–Kier alpha value is -2.64. The molecular formula is C23H23ClN4O2S. The predicted octanol–water partition coefficient (Wildman–Crippen LogP) is 5.77. The van der Waals surface area contributed by atoms with E-state index in [-0.39, 0.29) is 5.91 Å². The number of carbonyl (C=O) groups excluding carboxylic acids is 1. The Morgan fingerprint density at radius 2 is 1.90 bits per heavy atom. The van der Waals surface area contributed by atoms with Crippen molar-refractivity contribution in [3.63, 3.8) is 0 Å². The molecule has 0 aliphatic carbocycles. The number of ether oxygens (including phenoxy) is 1. The topological polar surface area (TPSA) is 68.2 Å². The molecule has 2 heterocycles. The van der Waals surface area contributed by atoms with Gasteiger partial charge < -0.3 is 4.74 Å². The van der Waals surface area contributed by atoms with Gasteiger partial charge in [0, 0.05) is 28.3 Å². The summed E-state index contributed by atoms with van der Waals surface area (Å²) in [4.78, 5) is 19.4. The molecule has 0 saturated heterocycles. The summed E-state index contributed by atoms with van der Waals surface area (Å²) in [6.07, 6.45) is -0.466. The highest BCUT2D eigenvalue weighted by molar-refractivity contribution is 7.99. The summed E-state index contributed by atoms with van der Waals surface area (Å²) in [5.41, 5.74) is 2.63. The van der Waals surface area contributed by atoms with Crippen molar-refractivity contribution in [3.8, 4) is 17.1 Å². The third-order valence-electron chi connectivity index (χ3n) is 4.80. The number of anilines is 1. The molecule has 0 radical (unpaired) electrons. The maximum absolute atomic E-state index is 13.1. The van der Waals surface area contributed by atoms with E-state index in [1.807, 2.05) is 49.4 Å².